The molecule has 2 aromatic carbocycles. The van der Waals surface area contributed by atoms with Gasteiger partial charge in [0.1, 0.15) is 0 Å². The fourth-order valence-corrected chi connectivity index (χ4v) is 5.65. The van der Waals surface area contributed by atoms with E-state index in [1.54, 1.807) is 0 Å². The van der Waals surface area contributed by atoms with Crippen LogP contribution in [0.25, 0.3) is 11.1 Å². The minimum absolute atomic E-state index is 0.0113. The van der Waals surface area contributed by atoms with Gasteiger partial charge < -0.3 is 0 Å². The molecule has 0 spiro atoms. The van der Waals surface area contributed by atoms with Gasteiger partial charge in [0.25, 0.3) is 0 Å². The molecule has 26 heavy (non-hydrogen) atoms. The van der Waals surface area contributed by atoms with Crippen molar-refractivity contribution in [2.75, 3.05) is 4.90 Å². The van der Waals surface area contributed by atoms with Gasteiger partial charge in [-0.15, -0.1) is 0 Å². The van der Waals surface area contributed by atoms with Crippen LogP contribution in [0.3, 0.4) is 0 Å². The summed E-state index contributed by atoms with van der Waals surface area (Å²) in [5, 5.41) is 0. The quantitative estimate of drug-likeness (QED) is 0.613. The summed E-state index contributed by atoms with van der Waals surface area (Å²) in [6.45, 7) is 0. The largest absolute Gasteiger partial charge is 0.274 e. The molecule has 128 valence electrons. The zero-order chi connectivity index (χ0) is 17.4. The summed E-state index contributed by atoms with van der Waals surface area (Å²) in [5.74, 6) is 1.60. The fourth-order valence-electron chi connectivity index (χ4n) is 5.65. The third-order valence-corrected chi connectivity index (χ3v) is 6.90. The van der Waals surface area contributed by atoms with E-state index < -0.39 is 0 Å². The number of hydrogen-bond donors (Lipinski definition) is 0. The Morgan fingerprint density at radius 2 is 1.23 bits per heavy atom. The number of amides is 2. The highest BCUT2D eigenvalue weighted by molar-refractivity contribution is 6.22. The van der Waals surface area contributed by atoms with Crippen LogP contribution in [0, 0.1) is 35.5 Å². The molecular weight excluding hydrogens is 322 g/mol. The number of carbonyl (C=O) groups is 2. The smallest absolute Gasteiger partial charge is 0.238 e. The van der Waals surface area contributed by atoms with Crippen molar-refractivity contribution in [3.63, 3.8) is 0 Å². The van der Waals surface area contributed by atoms with Gasteiger partial charge >= 0.3 is 0 Å². The first-order chi connectivity index (χ1) is 12.7. The van der Waals surface area contributed by atoms with Crippen molar-refractivity contribution in [2.45, 2.75) is 6.42 Å². The minimum Gasteiger partial charge on any atom is -0.274 e. The molecule has 5 aliphatic rings. The molecule has 2 amide bonds. The second-order valence-electron chi connectivity index (χ2n) is 8.08. The maximum atomic E-state index is 13.1. The van der Waals surface area contributed by atoms with Gasteiger partial charge in [0, 0.05) is 0 Å². The van der Waals surface area contributed by atoms with E-state index in [-0.39, 0.29) is 35.5 Å². The second-order valence-corrected chi connectivity index (χ2v) is 8.08. The molecule has 3 fully saturated rings. The van der Waals surface area contributed by atoms with Crippen molar-refractivity contribution in [3.05, 3.63) is 66.7 Å². The van der Waals surface area contributed by atoms with Crippen LogP contribution in [0.1, 0.15) is 6.42 Å². The molecule has 0 unspecified atom stereocenters. The molecule has 7 rings (SSSR count). The molecule has 1 heterocycles. The van der Waals surface area contributed by atoms with E-state index >= 15 is 0 Å². The van der Waals surface area contributed by atoms with Crippen molar-refractivity contribution in [1.82, 2.24) is 0 Å². The van der Waals surface area contributed by atoms with Crippen molar-refractivity contribution in [3.8, 4) is 11.1 Å². The Hall–Kier alpha value is -2.68. The topological polar surface area (TPSA) is 37.4 Å². The Bertz CT molecular complexity index is 910. The van der Waals surface area contributed by atoms with Crippen molar-refractivity contribution >= 4 is 17.5 Å². The molecule has 0 aromatic heterocycles. The van der Waals surface area contributed by atoms with E-state index in [0.717, 1.165) is 11.1 Å². The lowest BCUT2D eigenvalue weighted by molar-refractivity contribution is -0.124. The predicted octanol–water partition coefficient (Wildman–Crippen LogP) is 3.91. The first-order valence-corrected chi connectivity index (χ1v) is 9.45. The molecule has 0 N–H and O–H groups in total. The van der Waals surface area contributed by atoms with Gasteiger partial charge in [-0.2, -0.15) is 0 Å². The highest BCUT2D eigenvalue weighted by Crippen LogP contribution is 2.65. The first kappa shape index (κ1) is 14.5. The predicted molar refractivity (Wildman–Crippen MR) is 99.1 cm³/mol. The number of anilines is 1. The van der Waals surface area contributed by atoms with E-state index in [4.69, 9.17) is 0 Å². The zero-order valence-electron chi connectivity index (χ0n) is 14.3. The molecule has 2 saturated carbocycles. The van der Waals surface area contributed by atoms with E-state index in [0.29, 0.717) is 17.5 Å². The van der Waals surface area contributed by atoms with Crippen LogP contribution in [0.4, 0.5) is 5.69 Å². The van der Waals surface area contributed by atoms with Crippen LogP contribution < -0.4 is 4.90 Å². The molecule has 3 nitrogen and oxygen atoms in total. The number of rotatable bonds is 2. The van der Waals surface area contributed by atoms with Crippen LogP contribution in [0.2, 0.25) is 0 Å². The lowest BCUT2D eigenvalue weighted by Crippen LogP contribution is -2.40. The normalized spacial score (nSPS) is 36.2. The van der Waals surface area contributed by atoms with Gasteiger partial charge in [0.2, 0.25) is 11.8 Å². The van der Waals surface area contributed by atoms with Gasteiger partial charge in [-0.05, 0) is 53.4 Å². The summed E-state index contributed by atoms with van der Waals surface area (Å²) < 4.78 is 0. The average Bonchev–Trinajstić information content (AvgIpc) is 3.47. The Kier molecular flexibility index (Phi) is 2.75. The maximum absolute atomic E-state index is 13.1. The number of carbonyl (C=O) groups excluding carboxylic acids is 2. The maximum Gasteiger partial charge on any atom is 0.238 e. The van der Waals surface area contributed by atoms with Gasteiger partial charge in [-0.1, -0.05) is 54.6 Å². The number of imide groups is 1. The Balaban J connectivity index is 1.35. The van der Waals surface area contributed by atoms with Crippen LogP contribution in [-0.4, -0.2) is 11.8 Å². The molecule has 1 saturated heterocycles. The molecule has 6 atom stereocenters. The first-order valence-electron chi connectivity index (χ1n) is 9.45. The van der Waals surface area contributed by atoms with Crippen LogP contribution in [-0.2, 0) is 9.59 Å². The summed E-state index contributed by atoms with van der Waals surface area (Å²) >= 11 is 0. The average molecular weight is 341 g/mol. The third-order valence-electron chi connectivity index (χ3n) is 6.90. The van der Waals surface area contributed by atoms with Gasteiger partial charge in [0.15, 0.2) is 0 Å². The number of benzene rings is 2. The van der Waals surface area contributed by atoms with Crippen molar-refractivity contribution in [2.24, 2.45) is 35.5 Å². The fraction of sp³-hybridized carbons (Fsp3) is 0.304. The minimum atomic E-state index is -0.130. The standard InChI is InChI=1S/C23H19NO2/c25-22-20-16-10-11-17(19-12-18(16)19)21(20)23(26)24(22)15-8-6-14(7-9-15)13-4-2-1-3-5-13/h1-11,16-21H,12H2/t16-,17+,18-,19-,20+,21+/m1/s1. The number of allylic oxidation sites excluding steroid dienone is 2. The Morgan fingerprint density at radius 1 is 0.692 bits per heavy atom. The van der Waals surface area contributed by atoms with Crippen LogP contribution >= 0.6 is 0 Å². The Morgan fingerprint density at radius 3 is 1.81 bits per heavy atom. The molecule has 0 radical (unpaired) electrons. The summed E-state index contributed by atoms with van der Waals surface area (Å²) in [6.07, 6.45) is 5.63. The van der Waals surface area contributed by atoms with E-state index in [1.165, 1.54) is 11.3 Å². The molecule has 2 bridgehead atoms. The molecular formula is C23H19NO2. The molecule has 2 aromatic rings. The summed E-state index contributed by atoms with van der Waals surface area (Å²) in [7, 11) is 0. The summed E-state index contributed by atoms with van der Waals surface area (Å²) in [5.41, 5.74) is 2.94. The SMILES string of the molecule is O=C1[C@H]2[C@@H]3C=C[C@@H]([C@H]4C[C@H]34)[C@@H]2C(=O)N1c1ccc(-c2ccccc2)cc1. The van der Waals surface area contributed by atoms with Crippen molar-refractivity contribution in [1.29, 1.82) is 0 Å². The number of hydrogen-bond acceptors (Lipinski definition) is 2. The summed E-state index contributed by atoms with van der Waals surface area (Å²) in [6, 6.07) is 17.9. The van der Waals surface area contributed by atoms with E-state index in [9.17, 15) is 9.59 Å². The van der Waals surface area contributed by atoms with Crippen LogP contribution in [0.5, 0.6) is 0 Å². The van der Waals surface area contributed by atoms with Crippen molar-refractivity contribution < 1.29 is 9.59 Å². The Labute approximate surface area is 152 Å². The lowest BCUT2D eigenvalue weighted by Gasteiger charge is -2.37. The number of nitrogens with zero attached hydrogens (tertiary/aromatic N) is 1. The van der Waals surface area contributed by atoms with Gasteiger partial charge in [-0.3, -0.25) is 14.5 Å². The van der Waals surface area contributed by atoms with Gasteiger partial charge in [-0.25, -0.2) is 0 Å². The van der Waals surface area contributed by atoms with Gasteiger partial charge in [0.05, 0.1) is 17.5 Å². The third kappa shape index (κ3) is 1.78. The van der Waals surface area contributed by atoms with E-state index in [1.807, 2.05) is 42.5 Å². The molecule has 1 aliphatic heterocycles. The summed E-state index contributed by atoms with van der Waals surface area (Å²) in [4.78, 5) is 27.7. The highest BCUT2D eigenvalue weighted by atomic mass is 16.2. The monoisotopic (exact) mass is 341 g/mol. The highest BCUT2D eigenvalue weighted by Gasteiger charge is 2.67. The van der Waals surface area contributed by atoms with E-state index in [2.05, 4.69) is 24.3 Å². The van der Waals surface area contributed by atoms with Crippen LogP contribution in [0.15, 0.2) is 66.7 Å². The molecule has 4 aliphatic carbocycles. The zero-order valence-corrected chi connectivity index (χ0v) is 14.3. The molecule has 3 heteroatoms. The lowest BCUT2D eigenvalue weighted by atomic mass is 9.63. The second kappa shape index (κ2) is 4.94.